The number of nitrogens with two attached hydrogens (primary N) is 1. The van der Waals surface area contributed by atoms with Gasteiger partial charge in [-0.15, -0.1) is 15.3 Å². The molecule has 2 aromatic rings. The third-order valence-electron chi connectivity index (χ3n) is 4.01. The second-order valence-electron chi connectivity index (χ2n) is 5.81. The van der Waals surface area contributed by atoms with Crippen molar-refractivity contribution in [3.05, 3.63) is 23.8 Å². The number of halogens is 3. The molecule has 1 fully saturated rings. The second kappa shape index (κ2) is 6.48. The van der Waals surface area contributed by atoms with Gasteiger partial charge in [0.25, 0.3) is 5.82 Å². The monoisotopic (exact) mass is 345 g/mol. The van der Waals surface area contributed by atoms with Crippen LogP contribution in [0.2, 0.25) is 0 Å². The number of aromatic nitrogens is 6. The van der Waals surface area contributed by atoms with E-state index in [1.807, 2.05) is 4.57 Å². The zero-order chi connectivity index (χ0) is 17.3. The average molecular weight is 345 g/mol. The molecule has 132 valence electrons. The average Bonchev–Trinajstić information content (AvgIpc) is 3.09. The van der Waals surface area contributed by atoms with E-state index in [1.54, 1.807) is 7.11 Å². The summed E-state index contributed by atoms with van der Waals surface area (Å²) in [6, 6.07) is 0.163. The summed E-state index contributed by atoms with van der Waals surface area (Å²) >= 11 is 0. The highest BCUT2D eigenvalue weighted by atomic mass is 19.4. The van der Waals surface area contributed by atoms with E-state index in [2.05, 4.69) is 20.3 Å². The molecule has 8 nitrogen and oxygen atoms in total. The zero-order valence-electron chi connectivity index (χ0n) is 13.1. The van der Waals surface area contributed by atoms with Crippen LogP contribution in [0.15, 0.2) is 6.33 Å². The molecule has 11 heteroatoms. The van der Waals surface area contributed by atoms with Gasteiger partial charge in [0.15, 0.2) is 5.82 Å². The van der Waals surface area contributed by atoms with Gasteiger partial charge in [-0.1, -0.05) is 0 Å². The van der Waals surface area contributed by atoms with Gasteiger partial charge in [0, 0.05) is 25.6 Å². The summed E-state index contributed by atoms with van der Waals surface area (Å²) in [5.74, 6) is 0.358. The fourth-order valence-corrected chi connectivity index (χ4v) is 2.71. The van der Waals surface area contributed by atoms with Gasteiger partial charge in [-0.3, -0.25) is 0 Å². The first kappa shape index (κ1) is 16.8. The third-order valence-corrected chi connectivity index (χ3v) is 4.01. The highest BCUT2D eigenvalue weighted by molar-refractivity contribution is 5.09. The Bertz CT molecular complexity index is 690. The Morgan fingerprint density at radius 1 is 1.33 bits per heavy atom. The van der Waals surface area contributed by atoms with Crippen molar-refractivity contribution in [3.8, 4) is 0 Å². The molecule has 3 rings (SSSR count). The summed E-state index contributed by atoms with van der Waals surface area (Å²) in [4.78, 5) is 3.28. The predicted octanol–water partition coefficient (Wildman–Crippen LogP) is 0.788. The molecule has 0 aliphatic heterocycles. The molecule has 2 aromatic heterocycles. The third kappa shape index (κ3) is 3.41. The molecule has 0 amide bonds. The summed E-state index contributed by atoms with van der Waals surface area (Å²) in [6.45, 7) is 1.02. The smallest absolute Gasteiger partial charge is 0.383 e. The van der Waals surface area contributed by atoms with Gasteiger partial charge in [-0.25, -0.2) is 9.67 Å². The SMILES string of the molecule is COCCn1c(Cn2cnc(C(F)(F)F)n2)nnc1C1CC(N)C1. The summed E-state index contributed by atoms with van der Waals surface area (Å²) in [5.41, 5.74) is 5.82. The van der Waals surface area contributed by atoms with Gasteiger partial charge in [0.1, 0.15) is 18.7 Å². The zero-order valence-corrected chi connectivity index (χ0v) is 13.1. The molecule has 0 saturated heterocycles. The Morgan fingerprint density at radius 2 is 2.08 bits per heavy atom. The number of rotatable bonds is 6. The van der Waals surface area contributed by atoms with Crippen LogP contribution in [0.5, 0.6) is 0 Å². The van der Waals surface area contributed by atoms with E-state index in [9.17, 15) is 13.2 Å². The minimum Gasteiger partial charge on any atom is -0.383 e. The molecule has 0 spiro atoms. The van der Waals surface area contributed by atoms with Crippen molar-refractivity contribution in [2.45, 2.75) is 44.1 Å². The van der Waals surface area contributed by atoms with Crippen molar-refractivity contribution >= 4 is 0 Å². The topological polar surface area (TPSA) is 96.7 Å². The van der Waals surface area contributed by atoms with E-state index in [0.717, 1.165) is 29.7 Å². The van der Waals surface area contributed by atoms with Crippen molar-refractivity contribution in [2.75, 3.05) is 13.7 Å². The molecule has 0 atom stereocenters. The fraction of sp³-hybridized carbons (Fsp3) is 0.692. The molecule has 1 saturated carbocycles. The number of methoxy groups -OCH3 is 1. The van der Waals surface area contributed by atoms with Crippen LogP contribution in [0, 0.1) is 0 Å². The maximum atomic E-state index is 12.6. The number of alkyl halides is 3. The Morgan fingerprint density at radius 3 is 2.67 bits per heavy atom. The largest absolute Gasteiger partial charge is 0.453 e. The summed E-state index contributed by atoms with van der Waals surface area (Å²) < 4.78 is 45.8. The van der Waals surface area contributed by atoms with Crippen molar-refractivity contribution < 1.29 is 17.9 Å². The number of nitrogens with zero attached hydrogens (tertiary/aromatic N) is 6. The maximum Gasteiger partial charge on any atom is 0.453 e. The number of hydrogen-bond donors (Lipinski definition) is 1. The van der Waals surface area contributed by atoms with E-state index < -0.39 is 12.0 Å². The Balaban J connectivity index is 1.80. The first-order valence-electron chi connectivity index (χ1n) is 7.51. The molecule has 1 aliphatic carbocycles. The molecule has 0 aromatic carbocycles. The first-order valence-corrected chi connectivity index (χ1v) is 7.51. The number of hydrogen-bond acceptors (Lipinski definition) is 6. The van der Waals surface area contributed by atoms with Crippen molar-refractivity contribution in [1.82, 2.24) is 29.5 Å². The minimum absolute atomic E-state index is 0.0541. The first-order chi connectivity index (χ1) is 11.4. The lowest BCUT2D eigenvalue weighted by molar-refractivity contribution is -0.145. The standard InChI is InChI=1S/C13H18F3N7O/c1-24-3-2-23-10(19-20-11(23)8-4-9(17)5-8)6-22-7-18-12(21-22)13(14,15)16/h7-9H,2-6,17H2,1H3. The van der Waals surface area contributed by atoms with Crippen LogP contribution in [0.4, 0.5) is 13.2 Å². The summed E-state index contributed by atoms with van der Waals surface area (Å²) in [5, 5.41) is 11.8. The van der Waals surface area contributed by atoms with Crippen molar-refractivity contribution in [1.29, 1.82) is 0 Å². The lowest BCUT2D eigenvalue weighted by Crippen LogP contribution is -2.36. The van der Waals surface area contributed by atoms with Gasteiger partial charge < -0.3 is 15.0 Å². The van der Waals surface area contributed by atoms with Crippen LogP contribution in [-0.4, -0.2) is 49.3 Å². The molecular weight excluding hydrogens is 327 g/mol. The predicted molar refractivity (Wildman–Crippen MR) is 76.0 cm³/mol. The van der Waals surface area contributed by atoms with Gasteiger partial charge in [0.05, 0.1) is 6.61 Å². The quantitative estimate of drug-likeness (QED) is 0.831. The fourth-order valence-electron chi connectivity index (χ4n) is 2.71. The molecule has 2 heterocycles. The van der Waals surface area contributed by atoms with Crippen LogP contribution in [-0.2, 0) is 24.0 Å². The Hall–Kier alpha value is -2.01. The van der Waals surface area contributed by atoms with Gasteiger partial charge in [-0.05, 0) is 12.8 Å². The molecule has 0 radical (unpaired) electrons. The lowest BCUT2D eigenvalue weighted by Gasteiger charge is -2.31. The second-order valence-corrected chi connectivity index (χ2v) is 5.81. The van der Waals surface area contributed by atoms with E-state index in [-0.39, 0.29) is 18.5 Å². The van der Waals surface area contributed by atoms with Gasteiger partial charge in [-0.2, -0.15) is 13.2 Å². The van der Waals surface area contributed by atoms with Crippen molar-refractivity contribution in [2.24, 2.45) is 5.73 Å². The molecule has 2 N–H and O–H groups in total. The van der Waals surface area contributed by atoms with Gasteiger partial charge in [0.2, 0.25) is 0 Å². The minimum atomic E-state index is -4.57. The van der Waals surface area contributed by atoms with E-state index >= 15 is 0 Å². The maximum absolute atomic E-state index is 12.6. The molecular formula is C13H18F3N7O. The highest BCUT2D eigenvalue weighted by Gasteiger charge is 2.36. The lowest BCUT2D eigenvalue weighted by atomic mass is 9.80. The highest BCUT2D eigenvalue weighted by Crippen LogP contribution is 2.35. The molecule has 0 unspecified atom stereocenters. The normalized spacial score (nSPS) is 21.0. The van der Waals surface area contributed by atoms with Crippen LogP contribution >= 0.6 is 0 Å². The summed E-state index contributed by atoms with van der Waals surface area (Å²) in [7, 11) is 1.58. The van der Waals surface area contributed by atoms with Crippen LogP contribution in [0.3, 0.4) is 0 Å². The van der Waals surface area contributed by atoms with Crippen LogP contribution in [0.1, 0.15) is 36.2 Å². The van der Waals surface area contributed by atoms with Crippen LogP contribution < -0.4 is 5.73 Å². The van der Waals surface area contributed by atoms with E-state index in [4.69, 9.17) is 10.5 Å². The van der Waals surface area contributed by atoms with Gasteiger partial charge >= 0.3 is 6.18 Å². The summed E-state index contributed by atoms with van der Waals surface area (Å²) in [6.07, 6.45) is -1.88. The van der Waals surface area contributed by atoms with E-state index in [1.165, 1.54) is 0 Å². The van der Waals surface area contributed by atoms with E-state index in [0.29, 0.717) is 19.0 Å². The molecule has 24 heavy (non-hydrogen) atoms. The number of ether oxygens (including phenoxy) is 1. The Kier molecular flexibility index (Phi) is 4.54. The molecule has 1 aliphatic rings. The molecule has 0 bridgehead atoms. The Labute approximate surface area is 135 Å². The van der Waals surface area contributed by atoms with Crippen LogP contribution in [0.25, 0.3) is 0 Å². The van der Waals surface area contributed by atoms with Crippen molar-refractivity contribution in [3.63, 3.8) is 0 Å².